The lowest BCUT2D eigenvalue weighted by atomic mass is 9.80. The highest BCUT2D eigenvalue weighted by atomic mass is 16.6. The van der Waals surface area contributed by atoms with Crippen LogP contribution in [0.2, 0.25) is 0 Å². The van der Waals surface area contributed by atoms with Gasteiger partial charge in [-0.1, -0.05) is 39.3 Å². The Morgan fingerprint density at radius 1 is 0.745 bits per heavy atom. The number of alkyl carbamates (subject to hydrolysis) is 3. The molecule has 3 amide bonds. The van der Waals surface area contributed by atoms with E-state index >= 15 is 0 Å². The van der Waals surface area contributed by atoms with Crippen LogP contribution < -0.4 is 16.0 Å². The number of nitrogens with one attached hydrogen (secondary N) is 3. The van der Waals surface area contributed by atoms with Gasteiger partial charge in [-0.25, -0.2) is 14.4 Å². The lowest BCUT2D eigenvalue weighted by Gasteiger charge is -2.30. The fraction of sp³-hybridized carbons (Fsp3) is 0.553. The highest BCUT2D eigenvalue weighted by molar-refractivity contribution is 5.67. The number of hydrogen-bond donors (Lipinski definition) is 3. The lowest BCUT2D eigenvalue weighted by molar-refractivity contribution is 0.0784. The number of hydrogen-bond acceptors (Lipinski definition) is 10. The maximum Gasteiger partial charge on any atom is 0.407 e. The first kappa shape index (κ1) is 40.8. The van der Waals surface area contributed by atoms with E-state index < -0.39 is 18.3 Å². The minimum absolute atomic E-state index is 0.0198. The number of amides is 3. The van der Waals surface area contributed by atoms with Gasteiger partial charge in [0.1, 0.15) is 36.6 Å². The zero-order valence-electron chi connectivity index (χ0n) is 31.0. The van der Waals surface area contributed by atoms with Crippen LogP contribution in [0, 0.1) is 10.8 Å². The van der Waals surface area contributed by atoms with Crippen LogP contribution in [0.15, 0.2) is 80.1 Å². The van der Waals surface area contributed by atoms with E-state index in [-0.39, 0.29) is 49.8 Å². The standard InChI is InChI=1S/C38H56N4O9/c1-29(13-14-37(3,4)25-30(2)51-36(45)41-28-33-12-9-21-48-33)24-38(5,6)15-16-42(17-22-49-34(43)39-26-31-10-7-19-46-31)18-23-50-35(44)40-27-32-11-8-20-47-32/h7-13,19-21,30H,14-18,22-28H2,1-6H3,(H,39,43)(H,40,44)(H,41,45)/b29-13-. The quantitative estimate of drug-likeness (QED) is 0.0694. The van der Waals surface area contributed by atoms with E-state index in [0.717, 1.165) is 32.2 Å². The first-order chi connectivity index (χ1) is 24.3. The summed E-state index contributed by atoms with van der Waals surface area (Å²) in [5, 5.41) is 8.08. The maximum atomic E-state index is 12.2. The van der Waals surface area contributed by atoms with Crippen LogP contribution in [0.3, 0.4) is 0 Å². The van der Waals surface area contributed by atoms with E-state index in [0.29, 0.717) is 30.4 Å². The molecule has 1 unspecified atom stereocenters. The van der Waals surface area contributed by atoms with Gasteiger partial charge in [0.25, 0.3) is 0 Å². The molecule has 3 heterocycles. The molecule has 3 aromatic heterocycles. The first-order valence-electron chi connectivity index (χ1n) is 17.5. The smallest absolute Gasteiger partial charge is 0.407 e. The average molecular weight is 713 g/mol. The summed E-state index contributed by atoms with van der Waals surface area (Å²) in [6.45, 7) is 15.7. The SMILES string of the molecule is C/C(=C/CC(C)(C)CC(C)OC(=O)NCc1ccco1)CC(C)(C)CCN(CCOC(=O)NCc1ccco1)CCOC(=O)NCc1ccco1. The van der Waals surface area contributed by atoms with E-state index in [9.17, 15) is 14.4 Å². The van der Waals surface area contributed by atoms with Gasteiger partial charge < -0.3 is 43.4 Å². The Hall–Kier alpha value is -4.65. The van der Waals surface area contributed by atoms with Crippen LogP contribution in [0.25, 0.3) is 0 Å². The Morgan fingerprint density at radius 2 is 1.22 bits per heavy atom. The van der Waals surface area contributed by atoms with E-state index in [1.807, 2.05) is 6.92 Å². The molecule has 0 saturated heterocycles. The molecule has 0 saturated carbocycles. The summed E-state index contributed by atoms with van der Waals surface area (Å²) in [7, 11) is 0. The normalized spacial score (nSPS) is 12.7. The Bertz CT molecular complexity index is 1390. The van der Waals surface area contributed by atoms with Crippen LogP contribution in [-0.4, -0.2) is 62.1 Å². The molecule has 13 heteroatoms. The zero-order chi connectivity index (χ0) is 37.1. The summed E-state index contributed by atoms with van der Waals surface area (Å²) in [4.78, 5) is 38.8. The molecule has 51 heavy (non-hydrogen) atoms. The highest BCUT2D eigenvalue weighted by Gasteiger charge is 2.24. The van der Waals surface area contributed by atoms with Crippen molar-refractivity contribution >= 4 is 18.3 Å². The molecule has 13 nitrogen and oxygen atoms in total. The van der Waals surface area contributed by atoms with Crippen molar-refractivity contribution in [3.8, 4) is 0 Å². The molecule has 3 rings (SSSR count). The van der Waals surface area contributed by atoms with Crippen molar-refractivity contribution in [2.75, 3.05) is 32.8 Å². The summed E-state index contributed by atoms with van der Waals surface area (Å²) in [5.41, 5.74) is 1.20. The Labute approximate surface area is 301 Å². The van der Waals surface area contributed by atoms with Gasteiger partial charge in [0.2, 0.25) is 0 Å². The van der Waals surface area contributed by atoms with Crippen molar-refractivity contribution in [3.63, 3.8) is 0 Å². The van der Waals surface area contributed by atoms with E-state index in [4.69, 9.17) is 27.5 Å². The van der Waals surface area contributed by atoms with Gasteiger partial charge in [-0.2, -0.15) is 0 Å². The monoisotopic (exact) mass is 712 g/mol. The van der Waals surface area contributed by atoms with Crippen LogP contribution in [0.5, 0.6) is 0 Å². The third-order valence-corrected chi connectivity index (χ3v) is 8.26. The van der Waals surface area contributed by atoms with Crippen LogP contribution >= 0.6 is 0 Å². The third kappa shape index (κ3) is 17.7. The third-order valence-electron chi connectivity index (χ3n) is 8.26. The molecule has 0 bridgehead atoms. The number of rotatable bonds is 22. The van der Waals surface area contributed by atoms with Gasteiger partial charge >= 0.3 is 18.3 Å². The number of ether oxygens (including phenoxy) is 3. The molecule has 3 aromatic rings. The first-order valence-corrected chi connectivity index (χ1v) is 17.5. The Kier molecular flexibility index (Phi) is 16.7. The van der Waals surface area contributed by atoms with Crippen molar-refractivity contribution in [1.29, 1.82) is 0 Å². The number of furan rings is 3. The summed E-state index contributed by atoms with van der Waals surface area (Å²) in [5.74, 6) is 1.94. The van der Waals surface area contributed by atoms with Crippen molar-refractivity contribution in [2.24, 2.45) is 10.8 Å². The van der Waals surface area contributed by atoms with Crippen molar-refractivity contribution in [2.45, 2.75) is 93.0 Å². The molecule has 0 aliphatic rings. The molecule has 0 aliphatic heterocycles. The van der Waals surface area contributed by atoms with Gasteiger partial charge in [0.15, 0.2) is 0 Å². The molecule has 0 aliphatic carbocycles. The zero-order valence-corrected chi connectivity index (χ0v) is 31.0. The van der Waals surface area contributed by atoms with Crippen LogP contribution in [-0.2, 0) is 33.8 Å². The molecule has 0 radical (unpaired) electrons. The second-order valence-electron chi connectivity index (χ2n) is 14.3. The molecular formula is C38H56N4O9. The number of allylic oxidation sites excluding steroid dienone is 2. The Balaban J connectivity index is 1.43. The number of nitrogens with zero attached hydrogens (tertiary/aromatic N) is 1. The summed E-state index contributed by atoms with van der Waals surface area (Å²) >= 11 is 0. The number of carbonyl (C=O) groups excluding carboxylic acids is 3. The predicted octanol–water partition coefficient (Wildman–Crippen LogP) is 7.79. The summed E-state index contributed by atoms with van der Waals surface area (Å²) in [6, 6.07) is 10.6. The maximum absolute atomic E-state index is 12.2. The lowest BCUT2D eigenvalue weighted by Crippen LogP contribution is -2.36. The van der Waals surface area contributed by atoms with Gasteiger partial charge in [-0.3, -0.25) is 4.90 Å². The molecular weight excluding hydrogens is 656 g/mol. The molecule has 282 valence electrons. The molecule has 0 aromatic carbocycles. The molecule has 0 fully saturated rings. The number of carbonyl (C=O) groups is 3. The molecule has 1 atom stereocenters. The van der Waals surface area contributed by atoms with E-state index in [1.165, 1.54) is 5.57 Å². The topological polar surface area (TPSA) is 158 Å². The molecule has 3 N–H and O–H groups in total. The summed E-state index contributed by atoms with van der Waals surface area (Å²) in [6.07, 6.45) is 8.52. The van der Waals surface area contributed by atoms with Crippen molar-refractivity contribution < 1.29 is 41.8 Å². The van der Waals surface area contributed by atoms with Crippen LogP contribution in [0.1, 0.15) is 84.5 Å². The van der Waals surface area contributed by atoms with Crippen molar-refractivity contribution in [1.82, 2.24) is 20.9 Å². The van der Waals surface area contributed by atoms with Gasteiger partial charge in [0.05, 0.1) is 38.4 Å². The van der Waals surface area contributed by atoms with Crippen molar-refractivity contribution in [3.05, 3.63) is 84.1 Å². The highest BCUT2D eigenvalue weighted by Crippen LogP contribution is 2.33. The predicted molar refractivity (Wildman–Crippen MR) is 192 cm³/mol. The van der Waals surface area contributed by atoms with Gasteiger partial charge in [-0.15, -0.1) is 0 Å². The minimum atomic E-state index is -0.529. The minimum Gasteiger partial charge on any atom is -0.467 e. The largest absolute Gasteiger partial charge is 0.467 e. The second kappa shape index (κ2) is 20.9. The summed E-state index contributed by atoms with van der Waals surface area (Å²) < 4.78 is 32.1. The van der Waals surface area contributed by atoms with E-state index in [2.05, 4.69) is 61.5 Å². The van der Waals surface area contributed by atoms with E-state index in [1.54, 1.807) is 55.2 Å². The van der Waals surface area contributed by atoms with Crippen LogP contribution in [0.4, 0.5) is 14.4 Å². The van der Waals surface area contributed by atoms with Gasteiger partial charge in [0, 0.05) is 13.1 Å². The molecule has 0 spiro atoms. The second-order valence-corrected chi connectivity index (χ2v) is 14.3. The fourth-order valence-electron chi connectivity index (χ4n) is 5.64. The average Bonchev–Trinajstić information content (AvgIpc) is 3.87. The fourth-order valence-corrected chi connectivity index (χ4v) is 5.64. The Morgan fingerprint density at radius 3 is 1.67 bits per heavy atom. The van der Waals surface area contributed by atoms with Gasteiger partial charge in [-0.05, 0) is 93.3 Å².